The minimum absolute atomic E-state index is 0.226. The summed E-state index contributed by atoms with van der Waals surface area (Å²) in [6.07, 6.45) is 4.79. The molecule has 7 nitrogen and oxygen atoms in total. The second kappa shape index (κ2) is 8.65. The van der Waals surface area contributed by atoms with Crippen molar-refractivity contribution in [1.29, 1.82) is 0 Å². The zero-order valence-corrected chi connectivity index (χ0v) is 18.0. The Bertz CT molecular complexity index is 1020. The number of carbonyl (C=O) groups is 3. The van der Waals surface area contributed by atoms with Crippen molar-refractivity contribution in [2.75, 3.05) is 32.8 Å². The highest BCUT2D eigenvalue weighted by atomic mass is 32.2. The third-order valence-corrected chi connectivity index (χ3v) is 6.56. The molecule has 158 valence electrons. The predicted molar refractivity (Wildman–Crippen MR) is 117 cm³/mol. The van der Waals surface area contributed by atoms with Crippen LogP contribution < -0.4 is 0 Å². The summed E-state index contributed by atoms with van der Waals surface area (Å²) in [5.74, 6) is -0.637. The second-order valence-electron chi connectivity index (χ2n) is 7.53. The van der Waals surface area contributed by atoms with Crippen molar-refractivity contribution in [1.82, 2.24) is 14.4 Å². The van der Waals surface area contributed by atoms with Crippen molar-refractivity contribution in [3.05, 3.63) is 40.9 Å². The molecule has 0 aliphatic carbocycles. The Labute approximate surface area is 179 Å². The fraction of sp³-hybridized carbons (Fsp3) is 0.409. The van der Waals surface area contributed by atoms with Gasteiger partial charge in [-0.15, -0.1) is 0 Å². The number of imide groups is 1. The Morgan fingerprint density at radius 1 is 1.23 bits per heavy atom. The average molecular weight is 428 g/mol. The molecule has 8 heteroatoms. The molecule has 4 rings (SSSR count). The van der Waals surface area contributed by atoms with Gasteiger partial charge in [-0.25, -0.2) is 0 Å². The standard InChI is InChI=1S/C22H25N3O4S/c1-3-15(2)24-13-16(17-6-4-5-7-18(17)24)12-19-21(27)25(22(28)30-19)14-20(26)23-8-10-29-11-9-23/h4-7,12-13,15H,3,8-11,14H2,1-2H3/b19-12-/t15-/m1/s1. The first-order valence-corrected chi connectivity index (χ1v) is 11.0. The van der Waals surface area contributed by atoms with Gasteiger partial charge in [0.1, 0.15) is 6.54 Å². The zero-order valence-electron chi connectivity index (χ0n) is 17.2. The Morgan fingerprint density at radius 2 is 1.97 bits per heavy atom. The van der Waals surface area contributed by atoms with Crippen molar-refractivity contribution in [3.63, 3.8) is 0 Å². The largest absolute Gasteiger partial charge is 0.378 e. The molecule has 1 aromatic carbocycles. The molecule has 2 aliphatic heterocycles. The molecule has 0 unspecified atom stereocenters. The first-order chi connectivity index (χ1) is 14.5. The molecule has 0 saturated carbocycles. The fourth-order valence-electron chi connectivity index (χ4n) is 3.73. The van der Waals surface area contributed by atoms with Crippen LogP contribution in [0.15, 0.2) is 35.4 Å². The van der Waals surface area contributed by atoms with Crippen LogP contribution in [0.25, 0.3) is 17.0 Å². The SMILES string of the molecule is CC[C@@H](C)n1cc(/C=C2\SC(=O)N(CC(=O)N3CCOCC3)C2=O)c2ccccc21. The number of hydrogen-bond donors (Lipinski definition) is 0. The van der Waals surface area contributed by atoms with Crippen LogP contribution in [0.5, 0.6) is 0 Å². The van der Waals surface area contributed by atoms with Gasteiger partial charge in [-0.05, 0) is 37.2 Å². The number of amides is 3. The summed E-state index contributed by atoms with van der Waals surface area (Å²) >= 11 is 0.891. The van der Waals surface area contributed by atoms with E-state index in [9.17, 15) is 14.4 Å². The second-order valence-corrected chi connectivity index (χ2v) is 8.52. The lowest BCUT2D eigenvalue weighted by Crippen LogP contribution is -2.46. The van der Waals surface area contributed by atoms with Gasteiger partial charge in [0.05, 0.1) is 18.1 Å². The lowest BCUT2D eigenvalue weighted by Gasteiger charge is -2.28. The normalized spacial score (nSPS) is 19.9. The van der Waals surface area contributed by atoms with Crippen molar-refractivity contribution in [2.45, 2.75) is 26.3 Å². The van der Waals surface area contributed by atoms with Gasteiger partial charge in [0.15, 0.2) is 0 Å². The van der Waals surface area contributed by atoms with E-state index in [4.69, 9.17) is 4.74 Å². The molecular weight excluding hydrogens is 402 g/mol. The average Bonchev–Trinajstić information content (AvgIpc) is 3.26. The van der Waals surface area contributed by atoms with Crippen LogP contribution in [0.3, 0.4) is 0 Å². The van der Waals surface area contributed by atoms with Crippen molar-refractivity contribution in [3.8, 4) is 0 Å². The van der Waals surface area contributed by atoms with Crippen LogP contribution in [-0.2, 0) is 14.3 Å². The minimum atomic E-state index is -0.410. The summed E-state index contributed by atoms with van der Waals surface area (Å²) in [4.78, 5) is 40.9. The Balaban J connectivity index is 1.58. The van der Waals surface area contributed by atoms with Gasteiger partial charge in [0.25, 0.3) is 11.1 Å². The maximum absolute atomic E-state index is 12.9. The van der Waals surface area contributed by atoms with Crippen molar-refractivity contribution >= 4 is 45.8 Å². The van der Waals surface area contributed by atoms with E-state index in [0.29, 0.717) is 37.3 Å². The molecule has 3 heterocycles. The molecule has 0 N–H and O–H groups in total. The van der Waals surface area contributed by atoms with Crippen LogP contribution in [0.1, 0.15) is 31.9 Å². The zero-order chi connectivity index (χ0) is 21.3. The number of para-hydroxylation sites is 1. The van der Waals surface area contributed by atoms with Gasteiger partial charge in [0, 0.05) is 41.8 Å². The van der Waals surface area contributed by atoms with E-state index >= 15 is 0 Å². The van der Waals surface area contributed by atoms with Gasteiger partial charge in [-0.1, -0.05) is 25.1 Å². The Morgan fingerprint density at radius 3 is 2.70 bits per heavy atom. The quantitative estimate of drug-likeness (QED) is 0.683. The van der Waals surface area contributed by atoms with Crippen LogP contribution in [0, 0.1) is 0 Å². The summed E-state index contributed by atoms with van der Waals surface area (Å²) in [7, 11) is 0. The van der Waals surface area contributed by atoms with Gasteiger partial charge in [-0.3, -0.25) is 19.3 Å². The van der Waals surface area contributed by atoms with E-state index in [0.717, 1.165) is 39.5 Å². The predicted octanol–water partition coefficient (Wildman–Crippen LogP) is 3.51. The van der Waals surface area contributed by atoms with Crippen LogP contribution >= 0.6 is 11.8 Å². The first-order valence-electron chi connectivity index (χ1n) is 10.2. The number of fused-ring (bicyclic) bond motifs is 1. The van der Waals surface area contributed by atoms with E-state index in [1.165, 1.54) is 0 Å². The van der Waals surface area contributed by atoms with Crippen LogP contribution in [0.2, 0.25) is 0 Å². The molecule has 0 bridgehead atoms. The summed E-state index contributed by atoms with van der Waals surface area (Å²) in [6, 6.07) is 8.36. The minimum Gasteiger partial charge on any atom is -0.378 e. The van der Waals surface area contributed by atoms with Crippen LogP contribution in [-0.4, -0.2) is 64.3 Å². The number of aromatic nitrogens is 1. The number of benzene rings is 1. The Kier molecular flexibility index (Phi) is 5.97. The molecule has 0 spiro atoms. The van der Waals surface area contributed by atoms with E-state index in [1.807, 2.05) is 24.4 Å². The smallest absolute Gasteiger partial charge is 0.294 e. The first kappa shape index (κ1) is 20.7. The van der Waals surface area contributed by atoms with Gasteiger partial charge < -0.3 is 14.2 Å². The molecule has 30 heavy (non-hydrogen) atoms. The molecule has 2 aromatic rings. The monoisotopic (exact) mass is 427 g/mol. The number of hydrogen-bond acceptors (Lipinski definition) is 5. The topological polar surface area (TPSA) is 71.8 Å². The molecule has 1 atom stereocenters. The summed E-state index contributed by atoms with van der Waals surface area (Å²) < 4.78 is 7.45. The number of ether oxygens (including phenoxy) is 1. The van der Waals surface area contributed by atoms with E-state index < -0.39 is 11.1 Å². The Hall–Kier alpha value is -2.58. The lowest BCUT2D eigenvalue weighted by atomic mass is 10.1. The maximum atomic E-state index is 12.9. The van der Waals surface area contributed by atoms with Gasteiger partial charge in [-0.2, -0.15) is 0 Å². The molecule has 2 aliphatic rings. The highest BCUT2D eigenvalue weighted by Gasteiger charge is 2.37. The van der Waals surface area contributed by atoms with E-state index in [2.05, 4.69) is 24.5 Å². The third kappa shape index (κ3) is 3.89. The van der Waals surface area contributed by atoms with Gasteiger partial charge in [0.2, 0.25) is 5.91 Å². The number of thioether (sulfide) groups is 1. The molecular formula is C22H25N3O4S. The van der Waals surface area contributed by atoms with E-state index in [-0.39, 0.29) is 12.5 Å². The van der Waals surface area contributed by atoms with Gasteiger partial charge >= 0.3 is 0 Å². The number of rotatable bonds is 5. The summed E-state index contributed by atoms with van der Waals surface area (Å²) in [5, 5.41) is 0.632. The van der Waals surface area contributed by atoms with Crippen molar-refractivity contribution in [2.24, 2.45) is 0 Å². The van der Waals surface area contributed by atoms with E-state index in [1.54, 1.807) is 11.0 Å². The molecule has 2 saturated heterocycles. The number of nitrogens with zero attached hydrogens (tertiary/aromatic N) is 3. The third-order valence-electron chi connectivity index (χ3n) is 5.65. The molecule has 3 amide bonds. The van der Waals surface area contributed by atoms with Crippen molar-refractivity contribution < 1.29 is 19.1 Å². The summed E-state index contributed by atoms with van der Waals surface area (Å²) in [5.41, 5.74) is 2.00. The summed E-state index contributed by atoms with van der Waals surface area (Å²) in [6.45, 7) is 6.00. The number of morpholine rings is 1. The number of carbonyl (C=O) groups excluding carboxylic acids is 3. The molecule has 0 radical (unpaired) electrons. The highest BCUT2D eigenvalue weighted by molar-refractivity contribution is 8.18. The lowest BCUT2D eigenvalue weighted by molar-refractivity contribution is -0.139. The fourth-order valence-corrected chi connectivity index (χ4v) is 4.56. The molecule has 2 fully saturated rings. The van der Waals surface area contributed by atoms with Crippen LogP contribution in [0.4, 0.5) is 4.79 Å². The maximum Gasteiger partial charge on any atom is 0.294 e. The highest BCUT2D eigenvalue weighted by Crippen LogP contribution is 2.35. The molecule has 1 aromatic heterocycles.